The molecule has 0 aliphatic rings. The second-order valence-corrected chi connectivity index (χ2v) is 13.0. The highest BCUT2D eigenvalue weighted by Crippen LogP contribution is 2.38. The van der Waals surface area contributed by atoms with Crippen LogP contribution in [0.2, 0.25) is 10.0 Å². The summed E-state index contributed by atoms with van der Waals surface area (Å²) in [5.74, 6) is -0.0880. The number of anilines is 1. The minimum Gasteiger partial charge on any atom is -0.494 e. The molecule has 0 atom stereocenters. The first kappa shape index (κ1) is 33.2. The largest absolute Gasteiger partial charge is 0.494 e. The number of ether oxygens (including phenoxy) is 2. The van der Waals surface area contributed by atoms with Crippen molar-refractivity contribution in [3.63, 3.8) is 0 Å². The molecule has 6 rings (SSSR count). The minimum absolute atomic E-state index is 0.350. The van der Waals surface area contributed by atoms with Crippen LogP contribution < -0.4 is 10.1 Å². The predicted molar refractivity (Wildman–Crippen MR) is 192 cm³/mol. The van der Waals surface area contributed by atoms with Crippen LogP contribution in [0.25, 0.3) is 32.9 Å². The number of H-pyrrole nitrogens is 1. The van der Waals surface area contributed by atoms with E-state index in [4.69, 9.17) is 32.7 Å². The molecule has 0 spiro atoms. The maximum atomic E-state index is 14.2. The third-order valence-corrected chi connectivity index (χ3v) is 9.72. The second kappa shape index (κ2) is 13.1. The van der Waals surface area contributed by atoms with E-state index in [0.717, 1.165) is 71.8 Å². The molecule has 0 aliphatic carbocycles. The number of esters is 1. The molecule has 6 aromatic rings. The second-order valence-electron chi connectivity index (χ2n) is 12.2. The summed E-state index contributed by atoms with van der Waals surface area (Å²) in [6.45, 7) is 8.30. The maximum absolute atomic E-state index is 14.2. The Labute approximate surface area is 288 Å². The Morgan fingerprint density at radius 2 is 1.71 bits per heavy atom. The van der Waals surface area contributed by atoms with Crippen LogP contribution in [-0.2, 0) is 25.3 Å². The molecule has 0 radical (unpaired) electrons. The smallest absolute Gasteiger partial charge is 0.338 e. The molecule has 3 aromatic heterocycles. The van der Waals surface area contributed by atoms with Crippen LogP contribution in [0.5, 0.6) is 5.75 Å². The lowest BCUT2D eigenvalue weighted by Crippen LogP contribution is -2.15. The van der Waals surface area contributed by atoms with Crippen LogP contribution in [0.4, 0.5) is 5.69 Å². The molecule has 3 aromatic carbocycles. The molecule has 9 nitrogen and oxygen atoms in total. The highest BCUT2D eigenvalue weighted by molar-refractivity contribution is 6.32. The summed E-state index contributed by atoms with van der Waals surface area (Å²) in [7, 11) is 5.13. The number of fused-ring (bicyclic) bond motifs is 2. The number of rotatable bonds is 9. The molecule has 1 amide bonds. The van der Waals surface area contributed by atoms with Crippen molar-refractivity contribution in [1.29, 1.82) is 0 Å². The van der Waals surface area contributed by atoms with Crippen molar-refractivity contribution in [2.24, 2.45) is 14.1 Å². The van der Waals surface area contributed by atoms with Crippen LogP contribution >= 0.6 is 23.2 Å². The number of halogens is 2. The molecular weight excluding hydrogens is 649 g/mol. The number of hydrogen-bond acceptors (Lipinski definition) is 5. The van der Waals surface area contributed by atoms with Gasteiger partial charge in [0.25, 0.3) is 5.91 Å². The number of aryl methyl sites for hydroxylation is 6. The minimum atomic E-state index is -0.485. The van der Waals surface area contributed by atoms with Gasteiger partial charge >= 0.3 is 5.97 Å². The van der Waals surface area contributed by atoms with Gasteiger partial charge in [-0.25, -0.2) is 4.79 Å². The SMILES string of the molecule is COC(=O)c1cc(NC(=O)c2[nH]c3c(-c4c(C)nn(C)c4C)cc(Cl)cc3c2CCCOc2cc(C)c(Cl)c(C)c2)cc2c1ccn2C. The first-order valence-corrected chi connectivity index (χ1v) is 16.4. The first-order chi connectivity index (χ1) is 22.9. The predicted octanol–water partition coefficient (Wildman–Crippen LogP) is 8.65. The molecule has 0 fully saturated rings. The summed E-state index contributed by atoms with van der Waals surface area (Å²) in [6, 6.07) is 13.0. The highest BCUT2D eigenvalue weighted by atomic mass is 35.5. The zero-order valence-electron chi connectivity index (χ0n) is 28.0. The van der Waals surface area contributed by atoms with Crippen LogP contribution in [-0.4, -0.2) is 44.9 Å². The van der Waals surface area contributed by atoms with Gasteiger partial charge < -0.3 is 24.3 Å². The average Bonchev–Trinajstić information content (AvgIpc) is 3.68. The zero-order chi connectivity index (χ0) is 34.4. The third kappa shape index (κ3) is 6.04. The van der Waals surface area contributed by atoms with Crippen molar-refractivity contribution in [3.8, 4) is 16.9 Å². The monoisotopic (exact) mass is 685 g/mol. The van der Waals surface area contributed by atoms with Crippen molar-refractivity contribution in [2.45, 2.75) is 40.5 Å². The van der Waals surface area contributed by atoms with Gasteiger partial charge in [-0.3, -0.25) is 9.48 Å². The molecule has 2 N–H and O–H groups in total. The van der Waals surface area contributed by atoms with Crippen molar-refractivity contribution < 1.29 is 19.1 Å². The number of carbonyl (C=O) groups is 2. The molecule has 0 unspecified atom stereocenters. The molecule has 3 heterocycles. The number of aromatic nitrogens is 4. The van der Waals surface area contributed by atoms with E-state index < -0.39 is 5.97 Å². The number of nitrogens with zero attached hydrogens (tertiary/aromatic N) is 3. The van der Waals surface area contributed by atoms with Gasteiger partial charge in [-0.05, 0) is 99.7 Å². The van der Waals surface area contributed by atoms with E-state index in [0.29, 0.717) is 41.4 Å². The van der Waals surface area contributed by atoms with Crippen LogP contribution in [0.15, 0.2) is 48.7 Å². The Morgan fingerprint density at radius 3 is 2.38 bits per heavy atom. The van der Waals surface area contributed by atoms with Crippen molar-refractivity contribution >= 4 is 62.6 Å². The Bertz CT molecular complexity index is 2220. The summed E-state index contributed by atoms with van der Waals surface area (Å²) in [4.78, 5) is 30.3. The normalized spacial score (nSPS) is 11.4. The molecule has 11 heteroatoms. The molecule has 0 aliphatic heterocycles. The molecule has 0 saturated heterocycles. The van der Waals surface area contributed by atoms with Gasteiger partial charge in [0, 0.05) is 63.6 Å². The number of nitrogens with one attached hydrogen (secondary N) is 2. The summed E-state index contributed by atoms with van der Waals surface area (Å²) < 4.78 is 14.9. The van der Waals surface area contributed by atoms with Gasteiger partial charge in [-0.2, -0.15) is 5.10 Å². The van der Waals surface area contributed by atoms with E-state index in [-0.39, 0.29) is 5.91 Å². The fourth-order valence-corrected chi connectivity index (χ4v) is 6.80. The van der Waals surface area contributed by atoms with Crippen molar-refractivity contribution in [2.75, 3.05) is 19.0 Å². The zero-order valence-corrected chi connectivity index (χ0v) is 29.5. The van der Waals surface area contributed by atoms with E-state index in [1.165, 1.54) is 7.11 Å². The summed E-state index contributed by atoms with van der Waals surface area (Å²) >= 11 is 13.1. The quantitative estimate of drug-likeness (QED) is 0.117. The number of benzene rings is 3. The average molecular weight is 687 g/mol. The lowest BCUT2D eigenvalue weighted by Gasteiger charge is -2.11. The molecule has 48 heavy (non-hydrogen) atoms. The van der Waals surface area contributed by atoms with Crippen molar-refractivity contribution in [1.82, 2.24) is 19.3 Å². The van der Waals surface area contributed by atoms with Gasteiger partial charge in [0.1, 0.15) is 11.4 Å². The highest BCUT2D eigenvalue weighted by Gasteiger charge is 2.24. The number of aromatic amines is 1. The van der Waals surface area contributed by atoms with Gasteiger partial charge in [-0.1, -0.05) is 23.2 Å². The summed E-state index contributed by atoms with van der Waals surface area (Å²) in [6.07, 6.45) is 3.02. The molecule has 0 saturated carbocycles. The van der Waals surface area contributed by atoms with Gasteiger partial charge in [0.2, 0.25) is 0 Å². The lowest BCUT2D eigenvalue weighted by atomic mass is 9.98. The fourth-order valence-electron chi connectivity index (χ4n) is 6.47. The Morgan fingerprint density at radius 1 is 0.979 bits per heavy atom. The van der Waals surface area contributed by atoms with E-state index in [1.807, 2.05) is 93.6 Å². The van der Waals surface area contributed by atoms with Gasteiger partial charge in [-0.15, -0.1) is 0 Å². The Kier molecular flexibility index (Phi) is 9.02. The Balaban J connectivity index is 1.41. The van der Waals surface area contributed by atoms with Crippen LogP contribution in [0.3, 0.4) is 0 Å². The summed E-state index contributed by atoms with van der Waals surface area (Å²) in [5, 5.41) is 10.5. The summed E-state index contributed by atoms with van der Waals surface area (Å²) in [5.41, 5.74) is 9.17. The standard InChI is InChI=1S/C37H37Cl2N5O4/c1-19-13-25(14-20(2)33(19)39)48-12-8-9-27-28-15-23(38)16-30(32-21(3)42-44(6)22(32)4)34(28)41-35(27)36(45)40-24-17-29(37(46)47-7)26-10-11-43(5)31(26)18-24/h10-11,13-18,41H,8-9,12H2,1-7H3,(H,40,45). The van der Waals surface area contributed by atoms with E-state index in [2.05, 4.69) is 15.4 Å². The van der Waals surface area contributed by atoms with Gasteiger partial charge in [0.15, 0.2) is 0 Å². The third-order valence-electron chi connectivity index (χ3n) is 8.90. The van der Waals surface area contributed by atoms with Gasteiger partial charge in [0.05, 0.1) is 36.0 Å². The number of methoxy groups -OCH3 is 1. The van der Waals surface area contributed by atoms with E-state index in [9.17, 15) is 9.59 Å². The topological polar surface area (TPSA) is 103 Å². The van der Waals surface area contributed by atoms with Crippen molar-refractivity contribution in [3.05, 3.63) is 98.0 Å². The molecular formula is C37H37Cl2N5O4. The number of amides is 1. The van der Waals surface area contributed by atoms with E-state index >= 15 is 0 Å². The fraction of sp³-hybridized carbons (Fsp3) is 0.270. The number of hydrogen-bond donors (Lipinski definition) is 2. The maximum Gasteiger partial charge on any atom is 0.338 e. The van der Waals surface area contributed by atoms with Crippen LogP contribution in [0.1, 0.15) is 55.3 Å². The lowest BCUT2D eigenvalue weighted by molar-refractivity contribution is 0.0602. The Hall–Kier alpha value is -4.73. The van der Waals surface area contributed by atoms with E-state index in [1.54, 1.807) is 6.07 Å². The molecule has 0 bridgehead atoms. The molecule has 248 valence electrons. The first-order valence-electron chi connectivity index (χ1n) is 15.6. The van der Waals surface area contributed by atoms with Crippen LogP contribution in [0, 0.1) is 27.7 Å². The number of carbonyl (C=O) groups excluding carboxylic acids is 2.